The third-order valence-corrected chi connectivity index (χ3v) is 4.54. The fourth-order valence-electron chi connectivity index (χ4n) is 2.58. The van der Waals surface area contributed by atoms with Gasteiger partial charge in [-0.15, -0.1) is 0 Å². The molecule has 0 aromatic heterocycles. The minimum Gasteiger partial charge on any atom is -0.497 e. The van der Waals surface area contributed by atoms with Gasteiger partial charge < -0.3 is 14.8 Å². The lowest BCUT2D eigenvalue weighted by Crippen LogP contribution is -2.13. The molecule has 0 aliphatic rings. The second kappa shape index (κ2) is 9.49. The highest BCUT2D eigenvalue weighted by Crippen LogP contribution is 2.33. The van der Waals surface area contributed by atoms with Gasteiger partial charge in [0.1, 0.15) is 11.5 Å². The van der Waals surface area contributed by atoms with Gasteiger partial charge in [0.15, 0.2) is 5.75 Å². The smallest absolute Gasteiger partial charge is 0.224 e. The Morgan fingerprint density at radius 2 is 1.54 bits per heavy atom. The van der Waals surface area contributed by atoms with E-state index >= 15 is 0 Å². The van der Waals surface area contributed by atoms with Crippen LogP contribution in [0.5, 0.6) is 17.2 Å². The van der Waals surface area contributed by atoms with Crippen LogP contribution in [-0.2, 0) is 11.2 Å². The van der Waals surface area contributed by atoms with E-state index in [1.165, 1.54) is 0 Å². The summed E-state index contributed by atoms with van der Waals surface area (Å²) in [4.78, 5) is 12.4. The first kappa shape index (κ1) is 20.1. The molecule has 0 fully saturated rings. The standard InChI is InChI=1S/C22H19Cl2NO3/c1-27-18-8-10-19(11-9-18)28-21-12-7-17(24)14-20(21)25-22(26)13-4-15-2-5-16(23)6-3-15/h2-3,5-12,14H,4,13H2,1H3,(H,25,26). The third-order valence-electron chi connectivity index (χ3n) is 4.06. The summed E-state index contributed by atoms with van der Waals surface area (Å²) in [6, 6.07) is 19.7. The van der Waals surface area contributed by atoms with Crippen LogP contribution >= 0.6 is 23.2 Å². The molecule has 3 aromatic rings. The Bertz CT molecular complexity index is 941. The Labute approximate surface area is 174 Å². The molecule has 0 heterocycles. The highest BCUT2D eigenvalue weighted by atomic mass is 35.5. The number of carbonyl (C=O) groups excluding carboxylic acids is 1. The normalized spacial score (nSPS) is 10.4. The maximum atomic E-state index is 12.4. The second-order valence-electron chi connectivity index (χ2n) is 6.09. The average molecular weight is 416 g/mol. The molecule has 28 heavy (non-hydrogen) atoms. The maximum Gasteiger partial charge on any atom is 0.224 e. The number of ether oxygens (including phenoxy) is 2. The Balaban J connectivity index is 1.67. The van der Waals surface area contributed by atoms with Crippen molar-refractivity contribution in [3.8, 4) is 17.2 Å². The van der Waals surface area contributed by atoms with Gasteiger partial charge >= 0.3 is 0 Å². The van der Waals surface area contributed by atoms with Crippen LogP contribution < -0.4 is 14.8 Å². The van der Waals surface area contributed by atoms with Crippen LogP contribution in [0.4, 0.5) is 5.69 Å². The van der Waals surface area contributed by atoms with Crippen LogP contribution in [0, 0.1) is 0 Å². The molecule has 3 rings (SSSR count). The lowest BCUT2D eigenvalue weighted by atomic mass is 10.1. The fraction of sp³-hybridized carbons (Fsp3) is 0.136. The predicted octanol–water partition coefficient (Wildman–Crippen LogP) is 6.37. The number of rotatable bonds is 7. The molecule has 0 radical (unpaired) electrons. The fourth-order valence-corrected chi connectivity index (χ4v) is 2.88. The van der Waals surface area contributed by atoms with Gasteiger partial charge in [0, 0.05) is 16.5 Å². The summed E-state index contributed by atoms with van der Waals surface area (Å²) in [5.41, 5.74) is 1.56. The SMILES string of the molecule is COc1ccc(Oc2ccc(Cl)cc2NC(=O)CCc2ccc(Cl)cc2)cc1. The topological polar surface area (TPSA) is 47.6 Å². The third kappa shape index (κ3) is 5.65. The van der Waals surface area contributed by atoms with Gasteiger partial charge in [-0.2, -0.15) is 0 Å². The van der Waals surface area contributed by atoms with Gasteiger partial charge in [0.25, 0.3) is 0 Å². The molecule has 1 N–H and O–H groups in total. The lowest BCUT2D eigenvalue weighted by molar-refractivity contribution is -0.116. The summed E-state index contributed by atoms with van der Waals surface area (Å²) in [5.74, 6) is 1.74. The van der Waals surface area contributed by atoms with Crippen LogP contribution in [0.25, 0.3) is 0 Å². The van der Waals surface area contributed by atoms with Crippen molar-refractivity contribution in [2.45, 2.75) is 12.8 Å². The summed E-state index contributed by atoms with van der Waals surface area (Å²) >= 11 is 12.0. The van der Waals surface area contributed by atoms with E-state index in [1.54, 1.807) is 49.6 Å². The summed E-state index contributed by atoms with van der Waals surface area (Å²) < 4.78 is 11.0. The molecule has 3 aromatic carbocycles. The summed E-state index contributed by atoms with van der Waals surface area (Å²) in [6.45, 7) is 0. The van der Waals surface area contributed by atoms with Crippen molar-refractivity contribution in [3.05, 3.63) is 82.3 Å². The van der Waals surface area contributed by atoms with E-state index in [-0.39, 0.29) is 5.91 Å². The number of methoxy groups -OCH3 is 1. The Morgan fingerprint density at radius 1 is 0.893 bits per heavy atom. The number of hydrogen-bond donors (Lipinski definition) is 1. The molecule has 0 aliphatic carbocycles. The highest BCUT2D eigenvalue weighted by molar-refractivity contribution is 6.31. The molecule has 0 unspecified atom stereocenters. The number of aryl methyl sites for hydroxylation is 1. The van der Waals surface area contributed by atoms with Crippen LogP contribution in [-0.4, -0.2) is 13.0 Å². The van der Waals surface area contributed by atoms with Crippen molar-refractivity contribution in [3.63, 3.8) is 0 Å². The van der Waals surface area contributed by atoms with Crippen molar-refractivity contribution in [2.24, 2.45) is 0 Å². The van der Waals surface area contributed by atoms with E-state index in [0.29, 0.717) is 40.1 Å². The number of benzene rings is 3. The van der Waals surface area contributed by atoms with Gasteiger partial charge in [0.05, 0.1) is 12.8 Å². The molecular weight excluding hydrogens is 397 g/mol. The number of halogens is 2. The first-order chi connectivity index (χ1) is 13.5. The molecule has 0 bridgehead atoms. The summed E-state index contributed by atoms with van der Waals surface area (Å²) in [7, 11) is 1.60. The molecular formula is C22H19Cl2NO3. The molecule has 0 spiro atoms. The van der Waals surface area contributed by atoms with E-state index in [0.717, 1.165) is 11.3 Å². The average Bonchev–Trinajstić information content (AvgIpc) is 2.70. The Kier molecular flexibility index (Phi) is 6.80. The monoisotopic (exact) mass is 415 g/mol. The van der Waals surface area contributed by atoms with Crippen LogP contribution in [0.1, 0.15) is 12.0 Å². The minimum absolute atomic E-state index is 0.128. The first-order valence-corrected chi connectivity index (χ1v) is 9.45. The number of anilines is 1. The quantitative estimate of drug-likeness (QED) is 0.487. The van der Waals surface area contributed by atoms with E-state index in [1.807, 2.05) is 24.3 Å². The lowest BCUT2D eigenvalue weighted by Gasteiger charge is -2.13. The summed E-state index contributed by atoms with van der Waals surface area (Å²) in [5, 5.41) is 4.06. The van der Waals surface area contributed by atoms with Crippen molar-refractivity contribution in [2.75, 3.05) is 12.4 Å². The van der Waals surface area contributed by atoms with Crippen molar-refractivity contribution in [1.82, 2.24) is 0 Å². The van der Waals surface area contributed by atoms with E-state index in [4.69, 9.17) is 32.7 Å². The van der Waals surface area contributed by atoms with E-state index < -0.39 is 0 Å². The zero-order valence-corrected chi connectivity index (χ0v) is 16.8. The molecule has 144 valence electrons. The number of hydrogen-bond acceptors (Lipinski definition) is 3. The van der Waals surface area contributed by atoms with E-state index in [9.17, 15) is 4.79 Å². The van der Waals surface area contributed by atoms with Crippen molar-refractivity contribution in [1.29, 1.82) is 0 Å². The number of nitrogens with one attached hydrogen (secondary N) is 1. The molecule has 0 atom stereocenters. The Hall–Kier alpha value is -2.69. The molecule has 4 nitrogen and oxygen atoms in total. The van der Waals surface area contributed by atoms with Crippen LogP contribution in [0.15, 0.2) is 66.7 Å². The number of amides is 1. The highest BCUT2D eigenvalue weighted by Gasteiger charge is 2.11. The maximum absolute atomic E-state index is 12.4. The van der Waals surface area contributed by atoms with Gasteiger partial charge in [-0.3, -0.25) is 4.79 Å². The van der Waals surface area contributed by atoms with Crippen LogP contribution in [0.3, 0.4) is 0 Å². The van der Waals surface area contributed by atoms with Crippen molar-refractivity contribution < 1.29 is 14.3 Å². The van der Waals surface area contributed by atoms with E-state index in [2.05, 4.69) is 5.32 Å². The van der Waals surface area contributed by atoms with Gasteiger partial charge in [0.2, 0.25) is 5.91 Å². The molecule has 1 amide bonds. The largest absolute Gasteiger partial charge is 0.497 e. The number of carbonyl (C=O) groups is 1. The molecule has 0 aliphatic heterocycles. The summed E-state index contributed by atoms with van der Waals surface area (Å²) in [6.07, 6.45) is 0.939. The molecule has 0 saturated carbocycles. The molecule has 0 saturated heterocycles. The first-order valence-electron chi connectivity index (χ1n) is 8.69. The van der Waals surface area contributed by atoms with Crippen molar-refractivity contribution >= 4 is 34.8 Å². The molecule has 6 heteroatoms. The zero-order chi connectivity index (χ0) is 19.9. The zero-order valence-electron chi connectivity index (χ0n) is 15.2. The van der Waals surface area contributed by atoms with Crippen LogP contribution in [0.2, 0.25) is 10.0 Å². The predicted molar refractivity (Wildman–Crippen MR) is 113 cm³/mol. The minimum atomic E-state index is -0.128. The van der Waals surface area contributed by atoms with Gasteiger partial charge in [-0.1, -0.05) is 35.3 Å². The van der Waals surface area contributed by atoms with Gasteiger partial charge in [-0.25, -0.2) is 0 Å². The Morgan fingerprint density at radius 3 is 2.21 bits per heavy atom. The second-order valence-corrected chi connectivity index (χ2v) is 6.97. The van der Waals surface area contributed by atoms with Gasteiger partial charge in [-0.05, 0) is 66.6 Å².